The quantitative estimate of drug-likeness (QED) is 0.242. The largest absolute Gasteiger partial charge is 0.466 e. The summed E-state index contributed by atoms with van der Waals surface area (Å²) in [6.45, 7) is 11.6. The van der Waals surface area contributed by atoms with Crippen LogP contribution in [0.25, 0.3) is 0 Å². The van der Waals surface area contributed by atoms with Crippen LogP contribution in [0.1, 0.15) is 67.7 Å². The maximum absolute atomic E-state index is 12.8. The van der Waals surface area contributed by atoms with Gasteiger partial charge < -0.3 is 30.5 Å². The van der Waals surface area contributed by atoms with Crippen LogP contribution >= 0.6 is 0 Å². The van der Waals surface area contributed by atoms with Crippen LogP contribution in [0.15, 0.2) is 0 Å². The molecular weight excluding hydrogens is 446 g/mol. The summed E-state index contributed by atoms with van der Waals surface area (Å²) in [6.07, 6.45) is -0.425. The zero-order valence-corrected chi connectivity index (χ0v) is 21.4. The molecule has 0 aromatic heterocycles. The third-order valence-corrected chi connectivity index (χ3v) is 5.33. The smallest absolute Gasteiger partial charge is 0.329 e. The van der Waals surface area contributed by atoms with Gasteiger partial charge in [0.1, 0.15) is 6.04 Å². The van der Waals surface area contributed by atoms with Gasteiger partial charge in [-0.3, -0.25) is 19.2 Å². The summed E-state index contributed by atoms with van der Waals surface area (Å²) in [7, 11) is 0. The Morgan fingerprint density at radius 1 is 0.912 bits per heavy atom. The maximum atomic E-state index is 12.8. The molecule has 0 aromatic carbocycles. The minimum atomic E-state index is -1.24. The van der Waals surface area contributed by atoms with Crippen molar-refractivity contribution < 1.29 is 38.6 Å². The van der Waals surface area contributed by atoms with Gasteiger partial charge in [-0.25, -0.2) is 4.79 Å². The van der Waals surface area contributed by atoms with Gasteiger partial charge in [-0.1, -0.05) is 27.7 Å². The summed E-state index contributed by atoms with van der Waals surface area (Å²) in [5, 5.41) is 17.0. The predicted octanol–water partition coefficient (Wildman–Crippen LogP) is 0.433. The Kier molecular flexibility index (Phi) is 13.4. The zero-order valence-electron chi connectivity index (χ0n) is 21.4. The SMILES string of the molecule is CCOC(=O)CC(NC(=O)CNC(=O)C(C)(C)CC(C)(CC)C(=O)NCC(C)O)C(=O)OCC. The van der Waals surface area contributed by atoms with E-state index in [0.29, 0.717) is 6.42 Å². The first-order valence-electron chi connectivity index (χ1n) is 11.6. The Morgan fingerprint density at radius 3 is 2.00 bits per heavy atom. The van der Waals surface area contributed by atoms with Gasteiger partial charge in [0.2, 0.25) is 17.7 Å². The van der Waals surface area contributed by atoms with E-state index in [1.54, 1.807) is 41.5 Å². The summed E-state index contributed by atoms with van der Waals surface area (Å²) in [6, 6.07) is -1.24. The molecule has 0 spiro atoms. The van der Waals surface area contributed by atoms with Crippen LogP contribution in [0.5, 0.6) is 0 Å². The van der Waals surface area contributed by atoms with E-state index >= 15 is 0 Å². The first-order valence-corrected chi connectivity index (χ1v) is 11.6. The number of rotatable bonds is 15. The Morgan fingerprint density at radius 2 is 1.50 bits per heavy atom. The fourth-order valence-corrected chi connectivity index (χ4v) is 3.34. The summed E-state index contributed by atoms with van der Waals surface area (Å²) in [4.78, 5) is 61.6. The van der Waals surface area contributed by atoms with Crippen molar-refractivity contribution >= 4 is 29.7 Å². The molecule has 0 radical (unpaired) electrons. The normalized spacial score (nSPS) is 14.7. The Hall–Kier alpha value is -2.69. The molecule has 34 heavy (non-hydrogen) atoms. The molecule has 0 bridgehead atoms. The van der Waals surface area contributed by atoms with Crippen LogP contribution in [0.4, 0.5) is 0 Å². The molecule has 0 rings (SSSR count). The van der Waals surface area contributed by atoms with Crippen LogP contribution in [0.3, 0.4) is 0 Å². The summed E-state index contributed by atoms with van der Waals surface area (Å²) < 4.78 is 9.70. The topological polar surface area (TPSA) is 160 Å². The Bertz CT molecular complexity index is 723. The summed E-state index contributed by atoms with van der Waals surface area (Å²) in [5.74, 6) is -2.86. The number of hydrogen-bond donors (Lipinski definition) is 4. The number of nitrogens with one attached hydrogen (secondary N) is 3. The van der Waals surface area contributed by atoms with Gasteiger partial charge in [-0.15, -0.1) is 0 Å². The number of carbonyl (C=O) groups excluding carboxylic acids is 5. The van der Waals surface area contributed by atoms with Crippen LogP contribution in [0.2, 0.25) is 0 Å². The van der Waals surface area contributed by atoms with E-state index in [2.05, 4.69) is 16.0 Å². The van der Waals surface area contributed by atoms with Crippen LogP contribution in [-0.4, -0.2) is 73.2 Å². The molecule has 0 heterocycles. The molecule has 0 aromatic rings. The standard InChI is InChI=1S/C23H41N3O8/c1-8-23(7,21(32)24-12-15(4)27)14-22(5,6)20(31)25-13-17(28)26-16(19(30)34-10-3)11-18(29)33-9-2/h15-16,27H,8-14H2,1-7H3,(H,24,32)(H,25,31)(H,26,28). The fraction of sp³-hybridized carbons (Fsp3) is 0.783. The zero-order chi connectivity index (χ0) is 26.5. The number of esters is 2. The average Bonchev–Trinajstić information content (AvgIpc) is 2.75. The number of hydrogen-bond acceptors (Lipinski definition) is 8. The van der Waals surface area contributed by atoms with Crippen molar-refractivity contribution in [1.29, 1.82) is 0 Å². The molecule has 0 saturated heterocycles. The second-order valence-electron chi connectivity index (χ2n) is 9.10. The molecule has 3 atom stereocenters. The maximum Gasteiger partial charge on any atom is 0.329 e. The van der Waals surface area contributed by atoms with Gasteiger partial charge >= 0.3 is 11.9 Å². The highest BCUT2D eigenvalue weighted by atomic mass is 16.5. The third kappa shape index (κ3) is 11.0. The molecule has 0 aliphatic carbocycles. The van der Waals surface area contributed by atoms with Crippen molar-refractivity contribution in [2.24, 2.45) is 10.8 Å². The fourth-order valence-electron chi connectivity index (χ4n) is 3.34. The van der Waals surface area contributed by atoms with E-state index < -0.39 is 59.7 Å². The number of carbonyl (C=O) groups is 5. The molecular formula is C23H41N3O8. The molecule has 0 aliphatic rings. The minimum absolute atomic E-state index is 0.0694. The van der Waals surface area contributed by atoms with E-state index in [1.807, 2.05) is 6.92 Å². The third-order valence-electron chi connectivity index (χ3n) is 5.33. The lowest BCUT2D eigenvalue weighted by atomic mass is 9.71. The molecule has 3 unspecified atom stereocenters. The van der Waals surface area contributed by atoms with Crippen molar-refractivity contribution in [3.8, 4) is 0 Å². The highest BCUT2D eigenvalue weighted by Crippen LogP contribution is 2.37. The summed E-state index contributed by atoms with van der Waals surface area (Å²) in [5.41, 5.74) is -1.87. The number of ether oxygens (including phenoxy) is 2. The van der Waals surface area contributed by atoms with Crippen molar-refractivity contribution in [3.63, 3.8) is 0 Å². The van der Waals surface area contributed by atoms with E-state index in [9.17, 15) is 29.1 Å². The molecule has 11 heteroatoms. The van der Waals surface area contributed by atoms with Crippen molar-refractivity contribution in [2.75, 3.05) is 26.3 Å². The number of aliphatic hydroxyl groups excluding tert-OH is 1. The highest BCUT2D eigenvalue weighted by molar-refractivity contribution is 5.91. The Labute approximate surface area is 201 Å². The van der Waals surface area contributed by atoms with Gasteiger partial charge in [0.05, 0.1) is 32.3 Å². The van der Waals surface area contributed by atoms with Crippen molar-refractivity contribution in [3.05, 3.63) is 0 Å². The number of aliphatic hydroxyl groups is 1. The second kappa shape index (κ2) is 14.5. The second-order valence-corrected chi connectivity index (χ2v) is 9.10. The van der Waals surface area contributed by atoms with Crippen LogP contribution in [0, 0.1) is 10.8 Å². The molecule has 0 aliphatic heterocycles. The molecule has 4 N–H and O–H groups in total. The molecule has 196 valence electrons. The lowest BCUT2D eigenvalue weighted by Crippen LogP contribution is -2.50. The van der Waals surface area contributed by atoms with Gasteiger partial charge in [-0.2, -0.15) is 0 Å². The van der Waals surface area contributed by atoms with Crippen molar-refractivity contribution in [2.45, 2.75) is 79.9 Å². The van der Waals surface area contributed by atoms with E-state index in [1.165, 1.54) is 0 Å². The van der Waals surface area contributed by atoms with Crippen molar-refractivity contribution in [1.82, 2.24) is 16.0 Å². The first kappa shape index (κ1) is 31.3. The van der Waals surface area contributed by atoms with Gasteiger partial charge in [-0.05, 0) is 33.6 Å². The van der Waals surface area contributed by atoms with E-state index in [0.717, 1.165) is 0 Å². The van der Waals surface area contributed by atoms with E-state index in [4.69, 9.17) is 9.47 Å². The lowest BCUT2D eigenvalue weighted by Gasteiger charge is -2.35. The molecule has 11 nitrogen and oxygen atoms in total. The van der Waals surface area contributed by atoms with Gasteiger partial charge in [0.15, 0.2) is 0 Å². The molecule has 0 fully saturated rings. The Balaban J connectivity index is 5.08. The highest BCUT2D eigenvalue weighted by Gasteiger charge is 2.41. The first-order chi connectivity index (χ1) is 15.7. The van der Waals surface area contributed by atoms with Gasteiger partial charge in [0.25, 0.3) is 0 Å². The summed E-state index contributed by atoms with van der Waals surface area (Å²) >= 11 is 0. The number of amides is 3. The minimum Gasteiger partial charge on any atom is -0.466 e. The average molecular weight is 488 g/mol. The predicted molar refractivity (Wildman–Crippen MR) is 124 cm³/mol. The lowest BCUT2D eigenvalue weighted by molar-refractivity contribution is -0.153. The van der Waals surface area contributed by atoms with Gasteiger partial charge in [0, 0.05) is 17.4 Å². The van der Waals surface area contributed by atoms with E-state index in [-0.39, 0.29) is 32.1 Å². The molecule has 0 saturated carbocycles. The van der Waals surface area contributed by atoms with Crippen LogP contribution < -0.4 is 16.0 Å². The molecule has 3 amide bonds. The monoisotopic (exact) mass is 487 g/mol. The van der Waals surface area contributed by atoms with Crippen LogP contribution in [-0.2, 0) is 33.4 Å².